The van der Waals surface area contributed by atoms with Gasteiger partial charge in [0.05, 0.1) is 0 Å². The molecule has 0 heterocycles. The van der Waals surface area contributed by atoms with Gasteiger partial charge < -0.3 is 5.32 Å². The lowest BCUT2D eigenvalue weighted by Crippen LogP contribution is -2.33. The molecule has 0 spiro atoms. The zero-order valence-electron chi connectivity index (χ0n) is 9.92. The summed E-state index contributed by atoms with van der Waals surface area (Å²) < 4.78 is 0. The molecule has 1 rings (SSSR count). The van der Waals surface area contributed by atoms with Crippen molar-refractivity contribution >= 4 is 11.8 Å². The van der Waals surface area contributed by atoms with Crippen LogP contribution in [0.2, 0.25) is 0 Å². The monoisotopic (exact) mass is 223 g/mol. The van der Waals surface area contributed by atoms with Crippen LogP contribution in [0.5, 0.6) is 0 Å². The number of nitrogens with one attached hydrogen (secondary N) is 1. The van der Waals surface area contributed by atoms with Crippen molar-refractivity contribution in [2.24, 2.45) is 0 Å². The average molecular weight is 223 g/mol. The number of benzene rings is 1. The first-order chi connectivity index (χ1) is 7.27. The quantitative estimate of drug-likeness (QED) is 0.796. The second-order valence-electron chi connectivity index (χ2n) is 3.84. The summed E-state index contributed by atoms with van der Waals surface area (Å²) in [7, 11) is 0. The molecule has 1 atom stereocenters. The van der Waals surface area contributed by atoms with Crippen LogP contribution in [0.1, 0.15) is 18.1 Å². The van der Waals surface area contributed by atoms with E-state index >= 15 is 0 Å². The van der Waals surface area contributed by atoms with Gasteiger partial charge in [0.2, 0.25) is 0 Å². The van der Waals surface area contributed by atoms with Crippen LogP contribution in [0.3, 0.4) is 0 Å². The Hall–Kier alpha value is -0.470. The van der Waals surface area contributed by atoms with Crippen LogP contribution in [0.15, 0.2) is 24.3 Å². The van der Waals surface area contributed by atoms with E-state index < -0.39 is 0 Å². The fraction of sp³-hybridized carbons (Fsp3) is 0.538. The first-order valence-electron chi connectivity index (χ1n) is 5.54. The van der Waals surface area contributed by atoms with Gasteiger partial charge in [-0.25, -0.2) is 0 Å². The lowest BCUT2D eigenvalue weighted by atomic mass is 10.0. The zero-order valence-corrected chi connectivity index (χ0v) is 10.7. The van der Waals surface area contributed by atoms with Crippen LogP contribution in [-0.4, -0.2) is 24.6 Å². The van der Waals surface area contributed by atoms with Crippen molar-refractivity contribution in [3.63, 3.8) is 0 Å². The lowest BCUT2D eigenvalue weighted by Gasteiger charge is -2.17. The smallest absolute Gasteiger partial charge is 0.0198 e. The molecular formula is C13H21NS. The van der Waals surface area contributed by atoms with Gasteiger partial charge in [0.15, 0.2) is 0 Å². The van der Waals surface area contributed by atoms with Gasteiger partial charge in [-0.2, -0.15) is 11.8 Å². The Morgan fingerprint density at radius 2 is 2.07 bits per heavy atom. The van der Waals surface area contributed by atoms with Crippen molar-refractivity contribution in [2.75, 3.05) is 18.6 Å². The number of hydrogen-bond donors (Lipinski definition) is 1. The molecule has 0 bridgehead atoms. The first kappa shape index (κ1) is 12.6. The number of likely N-dealkylation sites (N-methyl/N-ethyl adjacent to an activating group) is 1. The molecule has 0 fully saturated rings. The van der Waals surface area contributed by atoms with Crippen molar-refractivity contribution in [2.45, 2.75) is 26.3 Å². The standard InChI is InChI=1S/C13H21NS/c1-4-14-13(10-15-3)9-12-8-6-5-7-11(12)2/h5-8,13-14H,4,9-10H2,1-3H3. The maximum atomic E-state index is 3.54. The van der Waals surface area contributed by atoms with Crippen LogP contribution in [0.25, 0.3) is 0 Å². The van der Waals surface area contributed by atoms with E-state index in [4.69, 9.17) is 0 Å². The maximum Gasteiger partial charge on any atom is 0.0198 e. The van der Waals surface area contributed by atoms with E-state index in [0.29, 0.717) is 6.04 Å². The Labute approximate surface area is 97.7 Å². The highest BCUT2D eigenvalue weighted by Gasteiger charge is 2.08. The van der Waals surface area contributed by atoms with E-state index in [-0.39, 0.29) is 0 Å². The summed E-state index contributed by atoms with van der Waals surface area (Å²) in [5, 5.41) is 3.54. The Morgan fingerprint density at radius 1 is 1.33 bits per heavy atom. The molecule has 0 saturated heterocycles. The molecule has 1 N–H and O–H groups in total. The summed E-state index contributed by atoms with van der Waals surface area (Å²) in [5.74, 6) is 1.18. The van der Waals surface area contributed by atoms with Crippen molar-refractivity contribution < 1.29 is 0 Å². The molecule has 1 aromatic rings. The molecule has 0 aliphatic heterocycles. The Bertz CT molecular complexity index is 280. The minimum absolute atomic E-state index is 0.603. The van der Waals surface area contributed by atoms with Crippen LogP contribution in [0, 0.1) is 6.92 Å². The molecule has 1 unspecified atom stereocenters. The zero-order chi connectivity index (χ0) is 11.1. The summed E-state index contributed by atoms with van der Waals surface area (Å²) >= 11 is 1.91. The SMILES string of the molecule is CCNC(CSC)Cc1ccccc1C. The molecule has 1 aromatic carbocycles. The molecule has 2 heteroatoms. The van der Waals surface area contributed by atoms with Gasteiger partial charge in [0, 0.05) is 11.8 Å². The molecule has 0 amide bonds. The Balaban J connectivity index is 2.60. The highest BCUT2D eigenvalue weighted by molar-refractivity contribution is 7.98. The molecule has 84 valence electrons. The molecule has 0 aromatic heterocycles. The van der Waals surface area contributed by atoms with E-state index in [1.807, 2.05) is 11.8 Å². The third-order valence-corrected chi connectivity index (χ3v) is 3.32. The number of rotatable bonds is 6. The second kappa shape index (κ2) is 6.91. The second-order valence-corrected chi connectivity index (χ2v) is 4.75. The predicted molar refractivity (Wildman–Crippen MR) is 70.7 cm³/mol. The van der Waals surface area contributed by atoms with E-state index in [1.165, 1.54) is 16.9 Å². The predicted octanol–water partition coefficient (Wildman–Crippen LogP) is 2.88. The number of aryl methyl sites for hydroxylation is 1. The minimum atomic E-state index is 0.603. The van der Waals surface area contributed by atoms with E-state index in [9.17, 15) is 0 Å². The van der Waals surface area contributed by atoms with Crippen molar-refractivity contribution in [3.05, 3.63) is 35.4 Å². The van der Waals surface area contributed by atoms with Crippen molar-refractivity contribution in [3.8, 4) is 0 Å². The molecule has 0 saturated carbocycles. The number of hydrogen-bond acceptors (Lipinski definition) is 2. The average Bonchev–Trinajstić information content (AvgIpc) is 2.22. The molecule has 0 radical (unpaired) electrons. The van der Waals surface area contributed by atoms with Gasteiger partial charge in [-0.3, -0.25) is 0 Å². The van der Waals surface area contributed by atoms with E-state index in [2.05, 4.69) is 49.7 Å². The van der Waals surface area contributed by atoms with Crippen molar-refractivity contribution in [1.29, 1.82) is 0 Å². The van der Waals surface area contributed by atoms with Crippen LogP contribution in [0.4, 0.5) is 0 Å². The van der Waals surface area contributed by atoms with Gasteiger partial charge in [-0.05, 0) is 37.3 Å². The molecular weight excluding hydrogens is 202 g/mol. The normalized spacial score (nSPS) is 12.7. The largest absolute Gasteiger partial charge is 0.313 e. The molecule has 0 aliphatic rings. The van der Waals surface area contributed by atoms with Crippen LogP contribution in [-0.2, 0) is 6.42 Å². The fourth-order valence-electron chi connectivity index (χ4n) is 1.78. The lowest BCUT2D eigenvalue weighted by molar-refractivity contribution is 0.572. The van der Waals surface area contributed by atoms with Gasteiger partial charge in [0.1, 0.15) is 0 Å². The summed E-state index contributed by atoms with van der Waals surface area (Å²) in [5.41, 5.74) is 2.87. The molecule has 1 nitrogen and oxygen atoms in total. The van der Waals surface area contributed by atoms with E-state index in [0.717, 1.165) is 13.0 Å². The third kappa shape index (κ3) is 4.27. The van der Waals surface area contributed by atoms with Gasteiger partial charge in [-0.15, -0.1) is 0 Å². The Morgan fingerprint density at radius 3 is 2.67 bits per heavy atom. The van der Waals surface area contributed by atoms with Crippen LogP contribution >= 0.6 is 11.8 Å². The van der Waals surface area contributed by atoms with Gasteiger partial charge in [0.25, 0.3) is 0 Å². The summed E-state index contributed by atoms with van der Waals surface area (Å²) in [4.78, 5) is 0. The van der Waals surface area contributed by atoms with Crippen molar-refractivity contribution in [1.82, 2.24) is 5.32 Å². The molecule has 15 heavy (non-hydrogen) atoms. The Kier molecular flexibility index (Phi) is 5.81. The molecule has 0 aliphatic carbocycles. The highest BCUT2D eigenvalue weighted by Crippen LogP contribution is 2.11. The number of thioether (sulfide) groups is 1. The minimum Gasteiger partial charge on any atom is -0.313 e. The topological polar surface area (TPSA) is 12.0 Å². The maximum absolute atomic E-state index is 3.54. The summed E-state index contributed by atoms with van der Waals surface area (Å²) in [6, 6.07) is 9.27. The van der Waals surface area contributed by atoms with E-state index in [1.54, 1.807) is 0 Å². The van der Waals surface area contributed by atoms with Gasteiger partial charge >= 0.3 is 0 Å². The first-order valence-corrected chi connectivity index (χ1v) is 6.94. The van der Waals surface area contributed by atoms with Crippen LogP contribution < -0.4 is 5.32 Å². The highest BCUT2D eigenvalue weighted by atomic mass is 32.2. The van der Waals surface area contributed by atoms with Gasteiger partial charge in [-0.1, -0.05) is 31.2 Å². The summed E-state index contributed by atoms with van der Waals surface area (Å²) in [6.45, 7) is 5.42. The third-order valence-electron chi connectivity index (χ3n) is 2.59. The fourth-order valence-corrected chi connectivity index (χ4v) is 2.42. The summed E-state index contributed by atoms with van der Waals surface area (Å²) in [6.07, 6.45) is 3.31.